The minimum Gasteiger partial charge on any atom is -0.398 e. The van der Waals surface area contributed by atoms with Crippen molar-refractivity contribution in [2.24, 2.45) is 0 Å². The third-order valence-electron chi connectivity index (χ3n) is 3.71. The van der Waals surface area contributed by atoms with Gasteiger partial charge in [-0.15, -0.1) is 11.8 Å². The van der Waals surface area contributed by atoms with E-state index in [2.05, 4.69) is 11.4 Å². The van der Waals surface area contributed by atoms with Crippen LogP contribution in [0, 0.1) is 0 Å². The van der Waals surface area contributed by atoms with Gasteiger partial charge < -0.3 is 11.1 Å². The third kappa shape index (κ3) is 2.34. The lowest BCUT2D eigenvalue weighted by Gasteiger charge is -2.22. The fourth-order valence-electron chi connectivity index (χ4n) is 2.74. The number of carbonyl (C=O) groups excluding carboxylic acids is 1. The number of rotatable bonds is 2. The van der Waals surface area contributed by atoms with Crippen molar-refractivity contribution in [1.82, 2.24) is 0 Å². The summed E-state index contributed by atoms with van der Waals surface area (Å²) in [6.07, 6.45) is 7.07. The van der Waals surface area contributed by atoms with Gasteiger partial charge in [0.05, 0.1) is 6.42 Å². The molecule has 3 nitrogen and oxygen atoms in total. The SMILES string of the molecule is Nc1cc2c(cc1SC1CCCCC1)NC(=O)C2. The summed E-state index contributed by atoms with van der Waals surface area (Å²) in [5.74, 6) is 0.0733. The van der Waals surface area contributed by atoms with E-state index in [9.17, 15) is 4.79 Å². The standard InChI is InChI=1S/C14H18N2OS/c15-11-6-9-7-14(17)16-12(9)8-13(11)18-10-4-2-1-3-5-10/h6,8,10H,1-5,7,15H2,(H,16,17). The summed E-state index contributed by atoms with van der Waals surface area (Å²) in [4.78, 5) is 12.5. The van der Waals surface area contributed by atoms with Gasteiger partial charge in [-0.25, -0.2) is 0 Å². The quantitative estimate of drug-likeness (QED) is 0.805. The maximum atomic E-state index is 11.4. The molecule has 1 amide bonds. The van der Waals surface area contributed by atoms with Gasteiger partial charge >= 0.3 is 0 Å². The number of thioether (sulfide) groups is 1. The molecule has 1 aliphatic heterocycles. The molecule has 1 heterocycles. The highest BCUT2D eigenvalue weighted by molar-refractivity contribution is 8.00. The first-order chi connectivity index (χ1) is 8.72. The maximum Gasteiger partial charge on any atom is 0.228 e. The van der Waals surface area contributed by atoms with Gasteiger partial charge in [0.1, 0.15) is 0 Å². The topological polar surface area (TPSA) is 55.1 Å². The number of nitrogen functional groups attached to an aromatic ring is 1. The number of benzene rings is 1. The van der Waals surface area contributed by atoms with Crippen molar-refractivity contribution in [3.63, 3.8) is 0 Å². The van der Waals surface area contributed by atoms with Crippen molar-refractivity contribution >= 4 is 29.0 Å². The fourth-order valence-corrected chi connectivity index (χ4v) is 4.05. The average molecular weight is 262 g/mol. The first-order valence-electron chi connectivity index (χ1n) is 6.61. The number of anilines is 2. The Labute approximate surface area is 112 Å². The molecule has 4 heteroatoms. The van der Waals surface area contributed by atoms with E-state index in [1.54, 1.807) is 0 Å². The van der Waals surface area contributed by atoms with Crippen molar-refractivity contribution in [3.8, 4) is 0 Å². The first kappa shape index (κ1) is 11.9. The van der Waals surface area contributed by atoms with Crippen molar-refractivity contribution in [2.45, 2.75) is 48.7 Å². The molecule has 0 unspecified atom stereocenters. The molecule has 0 saturated heterocycles. The molecule has 1 aromatic rings. The number of nitrogens with one attached hydrogen (secondary N) is 1. The minimum absolute atomic E-state index is 0.0733. The molecule has 0 bridgehead atoms. The number of carbonyl (C=O) groups is 1. The molecule has 1 aliphatic carbocycles. The van der Waals surface area contributed by atoms with Gasteiger partial charge in [0.25, 0.3) is 0 Å². The molecule has 0 radical (unpaired) electrons. The molecule has 0 atom stereocenters. The zero-order valence-corrected chi connectivity index (χ0v) is 11.2. The fraction of sp³-hybridized carbons (Fsp3) is 0.500. The van der Waals surface area contributed by atoms with E-state index < -0.39 is 0 Å². The summed E-state index contributed by atoms with van der Waals surface area (Å²) in [6.45, 7) is 0. The maximum absolute atomic E-state index is 11.4. The lowest BCUT2D eigenvalue weighted by atomic mass is 10.0. The van der Waals surface area contributed by atoms with E-state index in [-0.39, 0.29) is 5.91 Å². The van der Waals surface area contributed by atoms with Crippen LogP contribution in [-0.2, 0) is 11.2 Å². The molecule has 96 valence electrons. The van der Waals surface area contributed by atoms with Gasteiger partial charge in [-0.3, -0.25) is 4.79 Å². The molecule has 1 aromatic carbocycles. The normalized spacial score (nSPS) is 19.7. The largest absolute Gasteiger partial charge is 0.398 e. The van der Waals surface area contributed by atoms with Crippen LogP contribution in [0.15, 0.2) is 17.0 Å². The summed E-state index contributed by atoms with van der Waals surface area (Å²) in [6, 6.07) is 4.01. The van der Waals surface area contributed by atoms with Gasteiger partial charge in [0, 0.05) is 21.5 Å². The van der Waals surface area contributed by atoms with Gasteiger partial charge in [0.15, 0.2) is 0 Å². The van der Waals surface area contributed by atoms with Gasteiger partial charge in [0.2, 0.25) is 5.91 Å². The Bertz CT molecular complexity index is 481. The average Bonchev–Trinajstić information content (AvgIpc) is 2.70. The number of hydrogen-bond donors (Lipinski definition) is 2. The lowest BCUT2D eigenvalue weighted by molar-refractivity contribution is -0.115. The molecule has 0 aromatic heterocycles. The van der Waals surface area contributed by atoms with Crippen LogP contribution in [0.1, 0.15) is 37.7 Å². The van der Waals surface area contributed by atoms with Crippen molar-refractivity contribution in [3.05, 3.63) is 17.7 Å². The van der Waals surface area contributed by atoms with Crippen LogP contribution in [0.2, 0.25) is 0 Å². The van der Waals surface area contributed by atoms with Crippen LogP contribution in [0.3, 0.4) is 0 Å². The van der Waals surface area contributed by atoms with Crippen LogP contribution in [0.25, 0.3) is 0 Å². The molecule has 0 spiro atoms. The van der Waals surface area contributed by atoms with Gasteiger partial charge in [-0.2, -0.15) is 0 Å². The van der Waals surface area contributed by atoms with E-state index >= 15 is 0 Å². The smallest absolute Gasteiger partial charge is 0.228 e. The Kier molecular flexibility index (Phi) is 3.20. The molecular weight excluding hydrogens is 244 g/mol. The Hall–Kier alpha value is -1.16. The molecule has 1 saturated carbocycles. The van der Waals surface area contributed by atoms with Gasteiger partial charge in [-0.1, -0.05) is 19.3 Å². The second-order valence-corrected chi connectivity index (χ2v) is 6.49. The second-order valence-electron chi connectivity index (χ2n) is 5.15. The summed E-state index contributed by atoms with van der Waals surface area (Å²) in [7, 11) is 0. The van der Waals surface area contributed by atoms with E-state index in [4.69, 9.17) is 5.73 Å². The zero-order valence-electron chi connectivity index (χ0n) is 10.4. The lowest BCUT2D eigenvalue weighted by Crippen LogP contribution is -2.08. The van der Waals surface area contributed by atoms with Gasteiger partial charge in [-0.05, 0) is 30.5 Å². The summed E-state index contributed by atoms with van der Waals surface area (Å²) in [5, 5.41) is 3.59. The van der Waals surface area contributed by atoms with E-state index in [0.717, 1.165) is 21.8 Å². The van der Waals surface area contributed by atoms with E-state index in [1.807, 2.05) is 17.8 Å². The summed E-state index contributed by atoms with van der Waals surface area (Å²) < 4.78 is 0. The predicted octanol–water partition coefficient (Wildman–Crippen LogP) is 3.19. The van der Waals surface area contributed by atoms with Crippen LogP contribution in [-0.4, -0.2) is 11.2 Å². The predicted molar refractivity (Wildman–Crippen MR) is 75.9 cm³/mol. The van der Waals surface area contributed by atoms with E-state index in [0.29, 0.717) is 11.7 Å². The van der Waals surface area contributed by atoms with Crippen LogP contribution in [0.4, 0.5) is 11.4 Å². The van der Waals surface area contributed by atoms with Crippen molar-refractivity contribution in [1.29, 1.82) is 0 Å². The second kappa shape index (κ2) is 4.84. The number of fused-ring (bicyclic) bond motifs is 1. The zero-order chi connectivity index (χ0) is 12.5. The molecule has 2 aliphatic rings. The Balaban J connectivity index is 1.80. The number of amides is 1. The molecule has 3 N–H and O–H groups in total. The van der Waals surface area contributed by atoms with Crippen molar-refractivity contribution < 1.29 is 4.79 Å². The third-order valence-corrected chi connectivity index (χ3v) is 5.12. The molecule has 1 fully saturated rings. The Morgan fingerprint density at radius 3 is 2.78 bits per heavy atom. The Morgan fingerprint density at radius 2 is 2.00 bits per heavy atom. The first-order valence-corrected chi connectivity index (χ1v) is 7.49. The monoisotopic (exact) mass is 262 g/mol. The van der Waals surface area contributed by atoms with E-state index in [1.165, 1.54) is 32.1 Å². The highest BCUT2D eigenvalue weighted by Crippen LogP contribution is 2.39. The van der Waals surface area contributed by atoms with Crippen LogP contribution < -0.4 is 11.1 Å². The highest BCUT2D eigenvalue weighted by Gasteiger charge is 2.21. The summed E-state index contributed by atoms with van der Waals surface area (Å²) in [5.41, 5.74) is 8.90. The van der Waals surface area contributed by atoms with Crippen molar-refractivity contribution in [2.75, 3.05) is 11.1 Å². The Morgan fingerprint density at radius 1 is 1.22 bits per heavy atom. The van der Waals surface area contributed by atoms with Crippen LogP contribution in [0.5, 0.6) is 0 Å². The number of nitrogens with two attached hydrogens (primary N) is 1. The summed E-state index contributed by atoms with van der Waals surface area (Å²) >= 11 is 1.88. The molecular formula is C14H18N2OS. The highest BCUT2D eigenvalue weighted by atomic mass is 32.2. The molecule has 3 rings (SSSR count). The molecule has 18 heavy (non-hydrogen) atoms. The number of hydrogen-bond acceptors (Lipinski definition) is 3. The minimum atomic E-state index is 0.0733. The van der Waals surface area contributed by atoms with Crippen LogP contribution >= 0.6 is 11.8 Å².